The van der Waals surface area contributed by atoms with Crippen LogP contribution < -0.4 is 10.9 Å². The van der Waals surface area contributed by atoms with Gasteiger partial charge in [0, 0.05) is 23.0 Å². The van der Waals surface area contributed by atoms with Crippen LogP contribution in [0.5, 0.6) is 0 Å². The molecule has 0 spiro atoms. The Hall–Kier alpha value is -2.64. The van der Waals surface area contributed by atoms with E-state index in [1.165, 1.54) is 22.2 Å². The number of aryl methyl sites for hydroxylation is 2. The van der Waals surface area contributed by atoms with E-state index < -0.39 is 5.25 Å². The average molecular weight is 436 g/mol. The number of benzene rings is 2. The molecule has 1 atom stereocenters. The Labute approximate surface area is 182 Å². The second-order valence-electron chi connectivity index (χ2n) is 7.57. The van der Waals surface area contributed by atoms with Crippen LogP contribution in [0.1, 0.15) is 23.8 Å². The minimum Gasteiger partial charge on any atom is -0.325 e. The Morgan fingerprint density at radius 1 is 1.20 bits per heavy atom. The summed E-state index contributed by atoms with van der Waals surface area (Å²) in [6.07, 6.45) is 3.11. The molecule has 2 aromatic heterocycles. The molecule has 5 nitrogen and oxygen atoms in total. The minimum atomic E-state index is -0.397. The van der Waals surface area contributed by atoms with Crippen LogP contribution in [-0.2, 0) is 24.7 Å². The third-order valence-corrected chi connectivity index (χ3v) is 7.93. The molecule has 2 heterocycles. The molecule has 0 fully saturated rings. The summed E-state index contributed by atoms with van der Waals surface area (Å²) < 4.78 is 1.58. The number of rotatable bonds is 4. The van der Waals surface area contributed by atoms with Crippen molar-refractivity contribution < 1.29 is 4.79 Å². The lowest BCUT2D eigenvalue weighted by Crippen LogP contribution is -2.25. The van der Waals surface area contributed by atoms with E-state index in [9.17, 15) is 9.59 Å². The molecule has 0 radical (unpaired) electrons. The molecule has 1 N–H and O–H groups in total. The van der Waals surface area contributed by atoms with Gasteiger partial charge in [0.25, 0.3) is 5.56 Å². The molecule has 7 heteroatoms. The summed E-state index contributed by atoms with van der Waals surface area (Å²) in [5.74, 6) is -0.112. The highest BCUT2D eigenvalue weighted by atomic mass is 32.2. The summed E-state index contributed by atoms with van der Waals surface area (Å²) in [6, 6.07) is 13.8. The molecule has 4 aromatic rings. The summed E-state index contributed by atoms with van der Waals surface area (Å²) >= 11 is 2.94. The van der Waals surface area contributed by atoms with Gasteiger partial charge < -0.3 is 5.32 Å². The van der Waals surface area contributed by atoms with Crippen molar-refractivity contribution in [3.05, 3.63) is 63.3 Å². The van der Waals surface area contributed by atoms with Gasteiger partial charge in [0.2, 0.25) is 5.91 Å². The standard InChI is InChI=1S/C23H21N3O2S2/c1-13(20(27)24-17-11-5-8-14-7-3-4-9-15(14)17)29-23-25-21-19(22(28)26(23)2)16-10-6-12-18(16)30-21/h3-5,7-9,11,13H,6,10,12H2,1-2H3,(H,24,27). The zero-order chi connectivity index (χ0) is 20.8. The third kappa shape index (κ3) is 3.22. The number of nitrogens with zero attached hydrogens (tertiary/aromatic N) is 2. The maximum absolute atomic E-state index is 13.0. The number of fused-ring (bicyclic) bond motifs is 4. The van der Waals surface area contributed by atoms with Crippen molar-refractivity contribution in [1.82, 2.24) is 9.55 Å². The molecular formula is C23H21N3O2S2. The van der Waals surface area contributed by atoms with Crippen LogP contribution in [0.4, 0.5) is 5.69 Å². The number of nitrogens with one attached hydrogen (secondary N) is 1. The fourth-order valence-corrected chi connectivity index (χ4v) is 6.17. The number of carbonyl (C=O) groups is 1. The molecule has 152 valence electrons. The van der Waals surface area contributed by atoms with Crippen molar-refractivity contribution >= 4 is 55.7 Å². The van der Waals surface area contributed by atoms with Crippen LogP contribution in [0.3, 0.4) is 0 Å². The lowest BCUT2D eigenvalue weighted by Gasteiger charge is -2.14. The van der Waals surface area contributed by atoms with Gasteiger partial charge in [0.05, 0.1) is 10.6 Å². The van der Waals surface area contributed by atoms with E-state index in [0.29, 0.717) is 5.16 Å². The fraction of sp³-hybridized carbons (Fsp3) is 0.261. The summed E-state index contributed by atoms with van der Waals surface area (Å²) in [4.78, 5) is 32.7. The van der Waals surface area contributed by atoms with E-state index in [2.05, 4.69) is 5.32 Å². The van der Waals surface area contributed by atoms with E-state index in [-0.39, 0.29) is 11.5 Å². The molecule has 1 amide bonds. The topological polar surface area (TPSA) is 64.0 Å². The predicted molar refractivity (Wildman–Crippen MR) is 125 cm³/mol. The van der Waals surface area contributed by atoms with Crippen LogP contribution in [0.25, 0.3) is 21.0 Å². The van der Waals surface area contributed by atoms with E-state index >= 15 is 0 Å². The third-order valence-electron chi connectivity index (χ3n) is 5.60. The lowest BCUT2D eigenvalue weighted by atomic mass is 10.1. The molecule has 0 aliphatic heterocycles. The Kier molecular flexibility index (Phi) is 4.87. The van der Waals surface area contributed by atoms with Gasteiger partial charge >= 0.3 is 0 Å². The number of thioether (sulfide) groups is 1. The van der Waals surface area contributed by atoms with Gasteiger partial charge in [-0.2, -0.15) is 0 Å². The second kappa shape index (κ2) is 7.56. The Morgan fingerprint density at radius 3 is 2.87 bits per heavy atom. The van der Waals surface area contributed by atoms with E-state index in [1.807, 2.05) is 49.4 Å². The predicted octanol–water partition coefficient (Wildman–Crippen LogP) is 4.76. The summed E-state index contributed by atoms with van der Waals surface area (Å²) in [6.45, 7) is 1.84. The average Bonchev–Trinajstić information content (AvgIpc) is 3.33. The molecule has 2 aromatic carbocycles. The first-order valence-electron chi connectivity index (χ1n) is 9.99. The van der Waals surface area contributed by atoms with E-state index in [4.69, 9.17) is 4.98 Å². The van der Waals surface area contributed by atoms with Gasteiger partial charge in [-0.1, -0.05) is 48.2 Å². The van der Waals surface area contributed by atoms with Gasteiger partial charge in [0.1, 0.15) is 4.83 Å². The van der Waals surface area contributed by atoms with Crippen LogP contribution in [-0.4, -0.2) is 20.7 Å². The maximum atomic E-state index is 13.0. The van der Waals surface area contributed by atoms with Crippen molar-refractivity contribution in [2.24, 2.45) is 7.05 Å². The summed E-state index contributed by atoms with van der Waals surface area (Å²) in [5.41, 5.74) is 1.96. The molecule has 0 bridgehead atoms. The van der Waals surface area contributed by atoms with Crippen molar-refractivity contribution in [2.75, 3.05) is 5.32 Å². The lowest BCUT2D eigenvalue weighted by molar-refractivity contribution is -0.115. The molecule has 5 rings (SSSR count). The zero-order valence-electron chi connectivity index (χ0n) is 16.8. The normalized spacial score (nSPS) is 14.2. The van der Waals surface area contributed by atoms with Gasteiger partial charge in [-0.25, -0.2) is 4.98 Å². The summed E-state index contributed by atoms with van der Waals surface area (Å²) in [5, 5.41) is 6.07. The number of amides is 1. The molecule has 0 saturated carbocycles. The Bertz CT molecular complexity index is 1350. The molecule has 1 unspecified atom stereocenters. The molecule has 1 aliphatic carbocycles. The highest BCUT2D eigenvalue weighted by molar-refractivity contribution is 8.00. The number of hydrogen-bond acceptors (Lipinski definition) is 5. The molecule has 30 heavy (non-hydrogen) atoms. The van der Waals surface area contributed by atoms with Crippen LogP contribution in [0, 0.1) is 0 Å². The van der Waals surface area contributed by atoms with Gasteiger partial charge in [-0.15, -0.1) is 11.3 Å². The smallest absolute Gasteiger partial charge is 0.262 e. The number of aromatic nitrogens is 2. The molecule has 1 aliphatic rings. The maximum Gasteiger partial charge on any atom is 0.262 e. The first-order chi connectivity index (χ1) is 14.5. The van der Waals surface area contributed by atoms with E-state index in [0.717, 1.165) is 45.9 Å². The monoisotopic (exact) mass is 435 g/mol. The van der Waals surface area contributed by atoms with E-state index in [1.54, 1.807) is 23.0 Å². The minimum absolute atomic E-state index is 0.0106. The van der Waals surface area contributed by atoms with Crippen LogP contribution in [0.15, 0.2) is 52.4 Å². The zero-order valence-corrected chi connectivity index (χ0v) is 18.4. The molecule has 0 saturated heterocycles. The molecular weight excluding hydrogens is 414 g/mol. The number of carbonyl (C=O) groups excluding carboxylic acids is 1. The Morgan fingerprint density at radius 2 is 2.00 bits per heavy atom. The fourth-order valence-electron chi connectivity index (χ4n) is 3.99. The first-order valence-corrected chi connectivity index (χ1v) is 11.7. The highest BCUT2D eigenvalue weighted by Gasteiger charge is 2.24. The highest BCUT2D eigenvalue weighted by Crippen LogP contribution is 2.36. The second-order valence-corrected chi connectivity index (χ2v) is 9.96. The number of thiophene rings is 1. The van der Waals surface area contributed by atoms with Crippen molar-refractivity contribution in [3.63, 3.8) is 0 Å². The Balaban J connectivity index is 1.41. The van der Waals surface area contributed by atoms with Crippen molar-refractivity contribution in [3.8, 4) is 0 Å². The summed E-state index contributed by atoms with van der Waals surface area (Å²) in [7, 11) is 1.74. The quantitative estimate of drug-likeness (QED) is 0.371. The number of anilines is 1. The first kappa shape index (κ1) is 19.3. The van der Waals surface area contributed by atoms with Gasteiger partial charge in [-0.05, 0) is 43.2 Å². The van der Waals surface area contributed by atoms with Gasteiger partial charge in [0.15, 0.2) is 5.16 Å². The van der Waals surface area contributed by atoms with Crippen molar-refractivity contribution in [2.45, 2.75) is 36.6 Å². The SMILES string of the molecule is CC(Sc1nc2sc3c(c2c(=O)n1C)CCC3)C(=O)Nc1cccc2ccccc12. The van der Waals surface area contributed by atoms with Crippen molar-refractivity contribution in [1.29, 1.82) is 0 Å². The van der Waals surface area contributed by atoms with Crippen LogP contribution >= 0.6 is 23.1 Å². The number of hydrogen-bond donors (Lipinski definition) is 1. The largest absolute Gasteiger partial charge is 0.325 e. The van der Waals surface area contributed by atoms with Gasteiger partial charge in [-0.3, -0.25) is 14.2 Å². The van der Waals surface area contributed by atoms with Crippen LogP contribution in [0.2, 0.25) is 0 Å².